The molecule has 0 bridgehead atoms. The van der Waals surface area contributed by atoms with Crippen LogP contribution in [-0.4, -0.2) is 36.7 Å². The highest BCUT2D eigenvalue weighted by molar-refractivity contribution is 5.79. The van der Waals surface area contributed by atoms with Gasteiger partial charge in [-0.05, 0) is 32.9 Å². The summed E-state index contributed by atoms with van der Waals surface area (Å²) in [5, 5.41) is 12.5. The minimum absolute atomic E-state index is 0.0679. The molecule has 1 rings (SSSR count). The van der Waals surface area contributed by atoms with Crippen molar-refractivity contribution >= 4 is 18.5 Å². The zero-order valence-electron chi connectivity index (χ0n) is 13.2. The molecule has 0 atom stereocenters. The third-order valence-corrected chi connectivity index (χ3v) is 2.54. The largest absolute Gasteiger partial charge is 0.504 e. The highest BCUT2D eigenvalue weighted by Gasteiger charge is 2.15. The number of phenols is 1. The van der Waals surface area contributed by atoms with Crippen molar-refractivity contribution in [2.75, 3.05) is 13.7 Å². The maximum absolute atomic E-state index is 11.5. The summed E-state index contributed by atoms with van der Waals surface area (Å²) in [4.78, 5) is 22.3. The fourth-order valence-electron chi connectivity index (χ4n) is 1.64. The highest BCUT2D eigenvalue weighted by Crippen LogP contribution is 2.31. The van der Waals surface area contributed by atoms with Gasteiger partial charge in [0, 0.05) is 17.7 Å². The van der Waals surface area contributed by atoms with Crippen LogP contribution in [0, 0.1) is 0 Å². The number of carbonyl (C=O) groups excluding carboxylic acids is 2. The molecule has 22 heavy (non-hydrogen) atoms. The Bertz CT molecular complexity index is 573. The van der Waals surface area contributed by atoms with Gasteiger partial charge in [-0.2, -0.15) is 0 Å². The third kappa shape index (κ3) is 5.47. The van der Waals surface area contributed by atoms with Gasteiger partial charge >= 0.3 is 6.09 Å². The Morgan fingerprint density at radius 1 is 1.36 bits per heavy atom. The molecule has 6 nitrogen and oxygen atoms in total. The summed E-state index contributed by atoms with van der Waals surface area (Å²) in [5.41, 5.74) is 0.249. The van der Waals surface area contributed by atoms with Gasteiger partial charge in [0.25, 0.3) is 0 Å². The first-order chi connectivity index (χ1) is 10.3. The summed E-state index contributed by atoms with van der Waals surface area (Å²) < 4.78 is 10.1. The molecule has 0 aliphatic carbocycles. The van der Waals surface area contributed by atoms with Crippen LogP contribution >= 0.6 is 0 Å². The van der Waals surface area contributed by atoms with E-state index in [2.05, 4.69) is 5.32 Å². The number of aldehydes is 1. The molecule has 0 radical (unpaired) electrons. The number of benzene rings is 1. The van der Waals surface area contributed by atoms with Crippen molar-refractivity contribution < 1.29 is 24.2 Å². The van der Waals surface area contributed by atoms with Crippen LogP contribution in [0.25, 0.3) is 6.08 Å². The first-order valence-corrected chi connectivity index (χ1v) is 6.76. The second-order valence-corrected chi connectivity index (χ2v) is 5.56. The van der Waals surface area contributed by atoms with E-state index in [4.69, 9.17) is 9.47 Å². The maximum Gasteiger partial charge on any atom is 0.407 e. The lowest BCUT2D eigenvalue weighted by molar-refractivity contribution is 0.0534. The summed E-state index contributed by atoms with van der Waals surface area (Å²) in [7, 11) is 1.40. The van der Waals surface area contributed by atoms with E-state index in [9.17, 15) is 14.7 Å². The van der Waals surface area contributed by atoms with E-state index < -0.39 is 11.7 Å². The van der Waals surface area contributed by atoms with Gasteiger partial charge in [-0.25, -0.2) is 4.79 Å². The number of nitrogens with one attached hydrogen (secondary N) is 1. The van der Waals surface area contributed by atoms with Crippen molar-refractivity contribution in [3.8, 4) is 11.5 Å². The fraction of sp³-hybridized carbons (Fsp3) is 0.375. The quantitative estimate of drug-likeness (QED) is 0.817. The SMILES string of the molecule is COc1cc(C=O)cc(C=CCNC(=O)OC(C)(C)C)c1O. The van der Waals surface area contributed by atoms with E-state index in [0.29, 0.717) is 17.4 Å². The van der Waals surface area contributed by atoms with Crippen LogP contribution in [0.4, 0.5) is 4.79 Å². The Morgan fingerprint density at radius 3 is 2.59 bits per heavy atom. The monoisotopic (exact) mass is 307 g/mol. The van der Waals surface area contributed by atoms with Gasteiger partial charge in [-0.3, -0.25) is 4.79 Å². The van der Waals surface area contributed by atoms with E-state index in [1.165, 1.54) is 19.2 Å². The molecule has 0 fully saturated rings. The number of alkyl carbamates (subject to hydrolysis) is 1. The molecule has 0 aliphatic heterocycles. The van der Waals surface area contributed by atoms with Crippen molar-refractivity contribution in [3.05, 3.63) is 29.3 Å². The Labute approximate surface area is 129 Å². The van der Waals surface area contributed by atoms with Gasteiger partial charge in [-0.15, -0.1) is 0 Å². The molecule has 6 heteroatoms. The molecular formula is C16H21NO5. The second-order valence-electron chi connectivity index (χ2n) is 5.56. The van der Waals surface area contributed by atoms with Crippen molar-refractivity contribution in [2.24, 2.45) is 0 Å². The van der Waals surface area contributed by atoms with E-state index in [0.717, 1.165) is 0 Å². The van der Waals surface area contributed by atoms with Crippen LogP contribution < -0.4 is 10.1 Å². The van der Waals surface area contributed by atoms with Crippen molar-refractivity contribution in [1.29, 1.82) is 0 Å². The van der Waals surface area contributed by atoms with Gasteiger partial charge < -0.3 is 19.9 Å². The minimum Gasteiger partial charge on any atom is -0.504 e. The number of amides is 1. The smallest absolute Gasteiger partial charge is 0.407 e. The Balaban J connectivity index is 2.71. The molecule has 0 heterocycles. The average molecular weight is 307 g/mol. The number of hydrogen-bond acceptors (Lipinski definition) is 5. The predicted octanol–water partition coefficient (Wildman–Crippen LogP) is 2.75. The third-order valence-electron chi connectivity index (χ3n) is 2.54. The zero-order valence-corrected chi connectivity index (χ0v) is 13.2. The minimum atomic E-state index is -0.558. The molecule has 0 unspecified atom stereocenters. The predicted molar refractivity (Wildman–Crippen MR) is 83.3 cm³/mol. The lowest BCUT2D eigenvalue weighted by atomic mass is 10.1. The average Bonchev–Trinajstić information content (AvgIpc) is 2.43. The van der Waals surface area contributed by atoms with Crippen LogP contribution in [-0.2, 0) is 4.74 Å². The van der Waals surface area contributed by atoms with Gasteiger partial charge in [0.15, 0.2) is 11.5 Å². The number of ether oxygens (including phenoxy) is 2. The summed E-state index contributed by atoms with van der Waals surface area (Å²) in [6.07, 6.45) is 3.36. The topological polar surface area (TPSA) is 84.9 Å². The lowest BCUT2D eigenvalue weighted by Gasteiger charge is -2.19. The Kier molecular flexibility index (Phi) is 5.98. The number of methoxy groups -OCH3 is 1. The summed E-state index contributed by atoms with van der Waals surface area (Å²) >= 11 is 0. The summed E-state index contributed by atoms with van der Waals surface area (Å²) in [6.45, 7) is 5.55. The number of rotatable bonds is 5. The first kappa shape index (κ1) is 17.6. The van der Waals surface area contributed by atoms with Crippen LogP contribution in [0.5, 0.6) is 11.5 Å². The van der Waals surface area contributed by atoms with Crippen LogP contribution in [0.1, 0.15) is 36.7 Å². The van der Waals surface area contributed by atoms with Gasteiger partial charge in [-0.1, -0.05) is 12.2 Å². The molecule has 0 saturated heterocycles. The number of carbonyl (C=O) groups is 2. The number of hydrogen-bond donors (Lipinski definition) is 2. The lowest BCUT2D eigenvalue weighted by Crippen LogP contribution is -2.32. The normalized spacial score (nSPS) is 11.3. The molecule has 2 N–H and O–H groups in total. The van der Waals surface area contributed by atoms with Gasteiger partial charge in [0.2, 0.25) is 0 Å². The van der Waals surface area contributed by atoms with E-state index in [1.807, 2.05) is 0 Å². The zero-order chi connectivity index (χ0) is 16.8. The molecule has 0 saturated carbocycles. The maximum atomic E-state index is 11.5. The molecule has 1 amide bonds. The summed E-state index contributed by atoms with van der Waals surface area (Å²) in [6, 6.07) is 2.97. The van der Waals surface area contributed by atoms with E-state index >= 15 is 0 Å². The van der Waals surface area contributed by atoms with Crippen LogP contribution in [0.2, 0.25) is 0 Å². The second kappa shape index (κ2) is 7.49. The Morgan fingerprint density at radius 2 is 2.05 bits per heavy atom. The highest BCUT2D eigenvalue weighted by atomic mass is 16.6. The Hall–Kier alpha value is -2.50. The van der Waals surface area contributed by atoms with Crippen LogP contribution in [0.3, 0.4) is 0 Å². The van der Waals surface area contributed by atoms with Gasteiger partial charge in [0.1, 0.15) is 11.9 Å². The van der Waals surface area contributed by atoms with Crippen molar-refractivity contribution in [3.63, 3.8) is 0 Å². The van der Waals surface area contributed by atoms with E-state index in [-0.39, 0.29) is 18.0 Å². The van der Waals surface area contributed by atoms with E-state index in [1.54, 1.807) is 32.9 Å². The number of aromatic hydroxyl groups is 1. The molecule has 120 valence electrons. The van der Waals surface area contributed by atoms with Crippen LogP contribution in [0.15, 0.2) is 18.2 Å². The first-order valence-electron chi connectivity index (χ1n) is 6.76. The standard InChI is InChI=1S/C16H21NO5/c1-16(2,3)22-15(20)17-7-5-6-12-8-11(10-18)9-13(21-4)14(12)19/h5-6,8-10,19H,7H2,1-4H3,(H,17,20). The molecular weight excluding hydrogens is 286 g/mol. The molecule has 0 aromatic heterocycles. The molecule has 1 aromatic carbocycles. The molecule has 1 aromatic rings. The van der Waals surface area contributed by atoms with Crippen molar-refractivity contribution in [1.82, 2.24) is 5.32 Å². The number of phenolic OH excluding ortho intramolecular Hbond substituents is 1. The van der Waals surface area contributed by atoms with Gasteiger partial charge in [0.05, 0.1) is 7.11 Å². The molecule has 0 spiro atoms. The fourth-order valence-corrected chi connectivity index (χ4v) is 1.64. The van der Waals surface area contributed by atoms with Crippen molar-refractivity contribution in [2.45, 2.75) is 26.4 Å². The summed E-state index contributed by atoms with van der Waals surface area (Å²) in [5.74, 6) is 0.144. The molecule has 0 aliphatic rings.